The number of nitrogens with zero attached hydrogens (tertiary/aromatic N) is 2. The van der Waals surface area contributed by atoms with Crippen LogP contribution in [0.5, 0.6) is 11.5 Å². The highest BCUT2D eigenvalue weighted by Gasteiger charge is 2.07. The summed E-state index contributed by atoms with van der Waals surface area (Å²) in [6, 6.07) is 15.5. The molecule has 0 N–H and O–H groups in total. The zero-order valence-electron chi connectivity index (χ0n) is 14.8. The monoisotopic (exact) mass is 348 g/mol. The normalized spacial score (nSPS) is 10.8. The minimum atomic E-state index is -0.0959. The Hall–Kier alpha value is -3.34. The Balaban J connectivity index is 1.69. The van der Waals surface area contributed by atoms with Gasteiger partial charge < -0.3 is 9.47 Å². The first-order valence-corrected chi connectivity index (χ1v) is 8.21. The van der Waals surface area contributed by atoms with Crippen molar-refractivity contribution in [2.24, 2.45) is 7.05 Å². The summed E-state index contributed by atoms with van der Waals surface area (Å²) in [5.41, 5.74) is 2.49. The van der Waals surface area contributed by atoms with E-state index in [0.29, 0.717) is 23.7 Å². The van der Waals surface area contributed by atoms with Crippen molar-refractivity contribution in [2.75, 3.05) is 7.11 Å². The number of carbonyl (C=O) groups excluding carboxylic acids is 1. The Bertz CT molecular complexity index is 914. The largest absolute Gasteiger partial charge is 0.493 e. The molecule has 0 aliphatic rings. The molecule has 132 valence electrons. The number of methoxy groups -OCH3 is 1. The van der Waals surface area contributed by atoms with Crippen LogP contribution in [-0.4, -0.2) is 22.7 Å². The number of aryl methyl sites for hydroxylation is 1. The number of benzene rings is 2. The third-order valence-corrected chi connectivity index (χ3v) is 3.84. The Morgan fingerprint density at radius 3 is 2.65 bits per heavy atom. The zero-order chi connectivity index (χ0) is 18.4. The van der Waals surface area contributed by atoms with Crippen LogP contribution in [-0.2, 0) is 13.7 Å². The summed E-state index contributed by atoms with van der Waals surface area (Å²) in [4.78, 5) is 12.1. The van der Waals surface area contributed by atoms with E-state index >= 15 is 0 Å². The first kappa shape index (κ1) is 17.5. The van der Waals surface area contributed by atoms with Gasteiger partial charge in [-0.05, 0) is 29.3 Å². The quantitative estimate of drug-likeness (QED) is 0.480. The second-order valence-electron chi connectivity index (χ2n) is 5.78. The molecule has 0 amide bonds. The highest BCUT2D eigenvalue weighted by atomic mass is 16.5. The molecule has 0 saturated carbocycles. The number of ketones is 1. The van der Waals surface area contributed by atoms with E-state index in [4.69, 9.17) is 9.47 Å². The van der Waals surface area contributed by atoms with Crippen LogP contribution >= 0.6 is 0 Å². The van der Waals surface area contributed by atoms with Crippen LogP contribution < -0.4 is 9.47 Å². The first-order chi connectivity index (χ1) is 12.7. The zero-order valence-corrected chi connectivity index (χ0v) is 14.8. The average Bonchev–Trinajstić information content (AvgIpc) is 3.12. The fourth-order valence-electron chi connectivity index (χ4n) is 2.46. The summed E-state index contributed by atoms with van der Waals surface area (Å²) in [7, 11) is 3.37. The highest BCUT2D eigenvalue weighted by molar-refractivity contribution is 6.06. The van der Waals surface area contributed by atoms with Crippen molar-refractivity contribution in [2.45, 2.75) is 6.61 Å². The van der Waals surface area contributed by atoms with E-state index < -0.39 is 0 Å². The molecule has 3 aromatic rings. The number of hydrogen-bond acceptors (Lipinski definition) is 4. The van der Waals surface area contributed by atoms with Crippen LogP contribution in [0.15, 0.2) is 67.0 Å². The lowest BCUT2D eigenvalue weighted by atomic mass is 10.1. The number of rotatable bonds is 7. The minimum absolute atomic E-state index is 0.0959. The average molecular weight is 348 g/mol. The molecule has 2 aromatic carbocycles. The Morgan fingerprint density at radius 2 is 1.96 bits per heavy atom. The molecule has 1 aromatic heterocycles. The van der Waals surface area contributed by atoms with Gasteiger partial charge in [0.2, 0.25) is 0 Å². The molecule has 0 bridgehead atoms. The van der Waals surface area contributed by atoms with Gasteiger partial charge in [-0.2, -0.15) is 5.10 Å². The predicted molar refractivity (Wildman–Crippen MR) is 100 cm³/mol. The van der Waals surface area contributed by atoms with Crippen molar-refractivity contribution in [3.8, 4) is 11.5 Å². The predicted octanol–water partition coefficient (Wildman–Crippen LogP) is 3.90. The number of aromatic nitrogens is 2. The second kappa shape index (κ2) is 8.16. The third kappa shape index (κ3) is 4.39. The molecule has 26 heavy (non-hydrogen) atoms. The molecule has 1 heterocycles. The molecule has 3 rings (SSSR count). The van der Waals surface area contributed by atoms with E-state index in [1.807, 2.05) is 48.5 Å². The van der Waals surface area contributed by atoms with Crippen molar-refractivity contribution >= 4 is 11.9 Å². The van der Waals surface area contributed by atoms with E-state index in [1.165, 1.54) is 6.08 Å². The summed E-state index contributed by atoms with van der Waals surface area (Å²) in [6.45, 7) is 0.464. The summed E-state index contributed by atoms with van der Waals surface area (Å²) in [5, 5.41) is 4.00. The number of allylic oxidation sites excluding steroid dienone is 1. The Kier molecular flexibility index (Phi) is 5.49. The molecular weight excluding hydrogens is 328 g/mol. The molecule has 0 aliphatic carbocycles. The fraction of sp³-hybridized carbons (Fsp3) is 0.143. The molecule has 5 nitrogen and oxygen atoms in total. The molecule has 0 radical (unpaired) electrons. The van der Waals surface area contributed by atoms with Gasteiger partial charge in [-0.3, -0.25) is 9.48 Å². The van der Waals surface area contributed by atoms with Crippen LogP contribution in [0.25, 0.3) is 6.08 Å². The van der Waals surface area contributed by atoms with Gasteiger partial charge in [0.15, 0.2) is 17.3 Å². The summed E-state index contributed by atoms with van der Waals surface area (Å²) >= 11 is 0. The fourth-order valence-corrected chi connectivity index (χ4v) is 2.46. The lowest BCUT2D eigenvalue weighted by Crippen LogP contribution is -1.98. The number of hydrogen-bond donors (Lipinski definition) is 0. The SMILES string of the molecule is COc1cc(/C=C/C(=O)c2cnn(C)c2)ccc1OCc1ccccc1. The van der Waals surface area contributed by atoms with Crippen molar-refractivity contribution in [3.63, 3.8) is 0 Å². The van der Waals surface area contributed by atoms with Crippen LogP contribution in [0, 0.1) is 0 Å². The van der Waals surface area contributed by atoms with E-state index in [1.54, 1.807) is 37.3 Å². The molecule has 5 heteroatoms. The molecular formula is C21H20N2O3. The maximum absolute atomic E-state index is 12.1. The van der Waals surface area contributed by atoms with E-state index in [-0.39, 0.29) is 5.78 Å². The van der Waals surface area contributed by atoms with E-state index in [0.717, 1.165) is 11.1 Å². The molecule has 0 aliphatic heterocycles. The third-order valence-electron chi connectivity index (χ3n) is 3.84. The van der Waals surface area contributed by atoms with E-state index in [9.17, 15) is 4.79 Å². The molecule has 0 unspecified atom stereocenters. The maximum atomic E-state index is 12.1. The molecule has 0 fully saturated rings. The maximum Gasteiger partial charge on any atom is 0.189 e. The summed E-state index contributed by atoms with van der Waals surface area (Å²) in [5.74, 6) is 1.19. The van der Waals surface area contributed by atoms with Gasteiger partial charge in [0.1, 0.15) is 6.61 Å². The number of carbonyl (C=O) groups is 1. The minimum Gasteiger partial charge on any atom is -0.493 e. The van der Waals surface area contributed by atoms with Crippen LogP contribution in [0.1, 0.15) is 21.5 Å². The number of ether oxygens (including phenoxy) is 2. The Morgan fingerprint density at radius 1 is 1.15 bits per heavy atom. The molecule has 0 atom stereocenters. The lowest BCUT2D eigenvalue weighted by Gasteiger charge is -2.11. The van der Waals surface area contributed by atoms with Crippen LogP contribution in [0.4, 0.5) is 0 Å². The molecule has 0 saturated heterocycles. The molecule has 0 spiro atoms. The standard InChI is InChI=1S/C21H20N2O3/c1-23-14-18(13-22-23)19(24)10-8-16-9-11-20(21(12-16)25-2)26-15-17-6-4-3-5-7-17/h3-14H,15H2,1-2H3/b10-8+. The van der Waals surface area contributed by atoms with Crippen LogP contribution in [0.2, 0.25) is 0 Å². The van der Waals surface area contributed by atoms with E-state index in [2.05, 4.69) is 5.10 Å². The topological polar surface area (TPSA) is 53.3 Å². The van der Waals surface area contributed by atoms with Gasteiger partial charge in [0, 0.05) is 13.2 Å². The van der Waals surface area contributed by atoms with Gasteiger partial charge in [-0.15, -0.1) is 0 Å². The van der Waals surface area contributed by atoms with Gasteiger partial charge in [-0.1, -0.05) is 42.5 Å². The Labute approximate surface area is 152 Å². The van der Waals surface area contributed by atoms with Crippen LogP contribution in [0.3, 0.4) is 0 Å². The smallest absolute Gasteiger partial charge is 0.189 e. The van der Waals surface area contributed by atoms with Gasteiger partial charge >= 0.3 is 0 Å². The lowest BCUT2D eigenvalue weighted by molar-refractivity contribution is 0.104. The highest BCUT2D eigenvalue weighted by Crippen LogP contribution is 2.29. The summed E-state index contributed by atoms with van der Waals surface area (Å²) < 4.78 is 12.9. The summed E-state index contributed by atoms with van der Waals surface area (Å²) in [6.07, 6.45) is 6.51. The van der Waals surface area contributed by atoms with Crippen molar-refractivity contribution in [1.82, 2.24) is 9.78 Å². The first-order valence-electron chi connectivity index (χ1n) is 8.21. The van der Waals surface area contributed by atoms with Crippen molar-refractivity contribution in [1.29, 1.82) is 0 Å². The van der Waals surface area contributed by atoms with Crippen molar-refractivity contribution in [3.05, 3.63) is 83.7 Å². The van der Waals surface area contributed by atoms with Gasteiger partial charge in [-0.25, -0.2) is 0 Å². The second-order valence-corrected chi connectivity index (χ2v) is 5.78. The van der Waals surface area contributed by atoms with Crippen molar-refractivity contribution < 1.29 is 14.3 Å². The van der Waals surface area contributed by atoms with Gasteiger partial charge in [0.25, 0.3) is 0 Å². The van der Waals surface area contributed by atoms with Gasteiger partial charge in [0.05, 0.1) is 18.9 Å².